The molecule has 1 saturated carbocycles. The summed E-state index contributed by atoms with van der Waals surface area (Å²) in [7, 11) is -1.51. The van der Waals surface area contributed by atoms with Gasteiger partial charge in [-0.2, -0.15) is 4.36 Å². The van der Waals surface area contributed by atoms with Crippen LogP contribution in [0.1, 0.15) is 80.8 Å². The minimum absolute atomic E-state index is 0.0288. The summed E-state index contributed by atoms with van der Waals surface area (Å²) in [5.74, 6) is -0.234. The first-order valence-corrected chi connectivity index (χ1v) is 19.6. The van der Waals surface area contributed by atoms with Crippen molar-refractivity contribution in [2.75, 3.05) is 43.2 Å². The van der Waals surface area contributed by atoms with Gasteiger partial charge in [0.2, 0.25) is 0 Å². The van der Waals surface area contributed by atoms with E-state index in [1.54, 1.807) is 40.0 Å². The number of fused-ring (bicyclic) bond motifs is 3. The van der Waals surface area contributed by atoms with E-state index in [2.05, 4.69) is 34.6 Å². The number of unbranched alkanes of at least 4 members (excludes halogenated alkanes) is 1. The Kier molecular flexibility index (Phi) is 11.7. The first kappa shape index (κ1) is 37.1. The van der Waals surface area contributed by atoms with E-state index in [0.717, 1.165) is 49.4 Å². The van der Waals surface area contributed by atoms with Gasteiger partial charge in [0.15, 0.2) is 0 Å². The van der Waals surface area contributed by atoms with Crippen molar-refractivity contribution in [2.24, 2.45) is 16.2 Å². The zero-order valence-corrected chi connectivity index (χ0v) is 31.0. The average Bonchev–Trinajstić information content (AvgIpc) is 3.17. The standard InChI is InChI=1S/C39H51ClN2O6S/c1-7-9-10-20-49(45,24-36(43)48-38(3,4)5)41-37(44)28-14-18-35-33(22-28)42(23-29-13-16-31(29)34(8-2)46-6)25-39(26-47-35)19-11-12-27-21-30(40)15-17-32(27)39/h7-8,14-15,17-18,21-22,29,31,34H,1-2,9-13,16,19-20,23-26H2,3-6H3/t29-,31+,34-,39-,49+/m0/s1. The summed E-state index contributed by atoms with van der Waals surface area (Å²) in [6.45, 7) is 15.0. The zero-order chi connectivity index (χ0) is 35.4. The van der Waals surface area contributed by atoms with Crippen molar-refractivity contribution in [3.63, 3.8) is 0 Å². The van der Waals surface area contributed by atoms with Crippen molar-refractivity contribution in [3.8, 4) is 5.75 Å². The second-order valence-corrected chi connectivity index (χ2v) is 17.6. The van der Waals surface area contributed by atoms with Crippen LogP contribution in [0.15, 0.2) is 66.1 Å². The molecular formula is C39H51ClN2O6S. The summed E-state index contributed by atoms with van der Waals surface area (Å²) in [4.78, 5) is 29.0. The van der Waals surface area contributed by atoms with E-state index < -0.39 is 33.0 Å². The number of allylic oxidation sites excluding steroid dienone is 1. The summed E-state index contributed by atoms with van der Waals surface area (Å²) < 4.78 is 36.1. The second-order valence-electron chi connectivity index (χ2n) is 14.8. The molecule has 2 aromatic rings. The third-order valence-corrected chi connectivity index (χ3v) is 12.4. The number of methoxy groups -OCH3 is 1. The van der Waals surface area contributed by atoms with Gasteiger partial charge in [0.05, 0.1) is 28.1 Å². The van der Waals surface area contributed by atoms with Gasteiger partial charge in [-0.25, -0.2) is 4.21 Å². The van der Waals surface area contributed by atoms with Crippen LogP contribution in [0.5, 0.6) is 5.75 Å². The smallest absolute Gasteiger partial charge is 0.320 e. The van der Waals surface area contributed by atoms with Gasteiger partial charge in [0, 0.05) is 42.0 Å². The molecule has 5 atom stereocenters. The lowest BCUT2D eigenvalue weighted by atomic mass is 9.68. The highest BCUT2D eigenvalue weighted by molar-refractivity contribution is 7.94. The maximum Gasteiger partial charge on any atom is 0.320 e. The Bertz CT molecular complexity index is 1690. The molecule has 3 aliphatic rings. The Balaban J connectivity index is 1.52. The third kappa shape index (κ3) is 8.78. The van der Waals surface area contributed by atoms with Crippen LogP contribution in [0.2, 0.25) is 5.02 Å². The van der Waals surface area contributed by atoms with Gasteiger partial charge >= 0.3 is 5.97 Å². The molecule has 0 N–H and O–H groups in total. The predicted octanol–water partition coefficient (Wildman–Crippen LogP) is 7.96. The molecule has 0 unspecified atom stereocenters. The molecule has 2 aliphatic carbocycles. The number of aryl methyl sites for hydroxylation is 1. The first-order valence-electron chi connectivity index (χ1n) is 17.3. The van der Waals surface area contributed by atoms with Crippen molar-refractivity contribution in [2.45, 2.75) is 82.8 Å². The fourth-order valence-electron chi connectivity index (χ4n) is 7.59. The molecule has 8 nitrogen and oxygen atoms in total. The van der Waals surface area contributed by atoms with Crippen LogP contribution in [0, 0.1) is 11.8 Å². The van der Waals surface area contributed by atoms with Crippen molar-refractivity contribution in [1.29, 1.82) is 0 Å². The summed E-state index contributed by atoms with van der Waals surface area (Å²) in [6, 6.07) is 11.5. The maximum atomic E-state index is 14.1. The molecule has 0 saturated heterocycles. The lowest BCUT2D eigenvalue weighted by molar-refractivity contribution is -0.151. The van der Waals surface area contributed by atoms with Gasteiger partial charge in [-0.05, 0) is 119 Å². The normalized spacial score (nSPS) is 23.4. The van der Waals surface area contributed by atoms with Gasteiger partial charge in [-0.3, -0.25) is 9.59 Å². The minimum Gasteiger partial charge on any atom is -0.490 e. The number of hydrogen-bond donors (Lipinski definition) is 0. The number of carbonyl (C=O) groups is 2. The molecule has 1 spiro atoms. The van der Waals surface area contributed by atoms with E-state index in [9.17, 15) is 13.8 Å². The highest BCUT2D eigenvalue weighted by Crippen LogP contribution is 2.47. The van der Waals surface area contributed by atoms with E-state index in [1.807, 2.05) is 24.3 Å². The molecular weight excluding hydrogens is 660 g/mol. The van der Waals surface area contributed by atoms with Crippen LogP contribution in [0.25, 0.3) is 0 Å². The Hall–Kier alpha value is -3.14. The summed E-state index contributed by atoms with van der Waals surface area (Å²) >= 11 is 6.44. The second kappa shape index (κ2) is 15.4. The Labute approximate surface area is 297 Å². The third-order valence-electron chi connectivity index (χ3n) is 10.0. The number of esters is 1. The molecule has 0 radical (unpaired) electrons. The van der Waals surface area contributed by atoms with E-state index in [1.165, 1.54) is 11.1 Å². The molecule has 5 rings (SSSR count). The van der Waals surface area contributed by atoms with Gasteiger partial charge < -0.3 is 19.1 Å². The van der Waals surface area contributed by atoms with Crippen molar-refractivity contribution in [1.82, 2.24) is 0 Å². The van der Waals surface area contributed by atoms with Crippen molar-refractivity contribution in [3.05, 3.63) is 83.4 Å². The van der Waals surface area contributed by atoms with E-state index in [4.69, 9.17) is 25.8 Å². The number of anilines is 1. The molecule has 266 valence electrons. The van der Waals surface area contributed by atoms with E-state index >= 15 is 0 Å². The van der Waals surface area contributed by atoms with Gasteiger partial charge in [0.1, 0.15) is 17.1 Å². The SMILES string of the molecule is C=CCCC[S@@](=O)(CC(=O)OC(C)(C)C)=NC(=O)c1ccc2c(c1)N(C[C@@H]1CC[C@H]1[C@H](C=C)OC)C[C@@]1(CCCc3cc(Cl)ccc31)CO2. The number of rotatable bonds is 12. The number of amides is 1. The number of ether oxygens (including phenoxy) is 3. The highest BCUT2D eigenvalue weighted by atomic mass is 35.5. The quantitative estimate of drug-likeness (QED) is 0.125. The molecule has 1 aliphatic heterocycles. The largest absolute Gasteiger partial charge is 0.490 e. The fraction of sp³-hybridized carbons (Fsp3) is 0.538. The van der Waals surface area contributed by atoms with E-state index in [0.29, 0.717) is 49.1 Å². The zero-order valence-electron chi connectivity index (χ0n) is 29.4. The van der Waals surface area contributed by atoms with Crippen LogP contribution < -0.4 is 9.64 Å². The van der Waals surface area contributed by atoms with E-state index in [-0.39, 0.29) is 17.3 Å². The minimum atomic E-state index is -3.24. The lowest BCUT2D eigenvalue weighted by Crippen LogP contribution is -2.49. The highest BCUT2D eigenvalue weighted by Gasteiger charge is 2.44. The number of carbonyl (C=O) groups excluding carboxylic acids is 2. The number of benzene rings is 2. The van der Waals surface area contributed by atoms with Crippen molar-refractivity contribution < 1.29 is 28.0 Å². The van der Waals surface area contributed by atoms with Gasteiger partial charge in [0.25, 0.3) is 5.91 Å². The lowest BCUT2D eigenvalue weighted by Gasteiger charge is -2.46. The Morgan fingerprint density at radius 3 is 2.67 bits per heavy atom. The molecule has 1 amide bonds. The molecule has 1 heterocycles. The topological polar surface area (TPSA) is 94.5 Å². The van der Waals surface area contributed by atoms with Gasteiger partial charge in [-0.15, -0.1) is 13.2 Å². The van der Waals surface area contributed by atoms with Crippen LogP contribution in [-0.4, -0.2) is 66.1 Å². The molecule has 2 aromatic carbocycles. The van der Waals surface area contributed by atoms with Crippen LogP contribution in [0.4, 0.5) is 5.69 Å². The fourth-order valence-corrected chi connectivity index (χ4v) is 9.54. The van der Waals surface area contributed by atoms with Crippen LogP contribution in [-0.2, 0) is 35.8 Å². The number of hydrogen-bond acceptors (Lipinski definition) is 7. The summed E-state index contributed by atoms with van der Waals surface area (Å²) in [5.41, 5.74) is 2.61. The molecule has 10 heteroatoms. The van der Waals surface area contributed by atoms with Crippen LogP contribution in [0.3, 0.4) is 0 Å². The summed E-state index contributed by atoms with van der Waals surface area (Å²) in [6.07, 6.45) is 9.75. The molecule has 0 bridgehead atoms. The first-order chi connectivity index (χ1) is 23.3. The van der Waals surface area contributed by atoms with Crippen LogP contribution >= 0.6 is 11.6 Å². The van der Waals surface area contributed by atoms with Crippen molar-refractivity contribution >= 4 is 38.9 Å². The molecule has 0 aromatic heterocycles. The number of nitrogens with zero attached hydrogens (tertiary/aromatic N) is 2. The Morgan fingerprint density at radius 1 is 1.20 bits per heavy atom. The monoisotopic (exact) mass is 710 g/mol. The maximum absolute atomic E-state index is 14.1. The average molecular weight is 711 g/mol. The summed E-state index contributed by atoms with van der Waals surface area (Å²) in [5, 5.41) is 0.734. The number of halogens is 1. The Morgan fingerprint density at radius 2 is 2.00 bits per heavy atom. The van der Waals surface area contributed by atoms with Gasteiger partial charge in [-0.1, -0.05) is 29.8 Å². The molecule has 1 fully saturated rings. The molecule has 49 heavy (non-hydrogen) atoms. The predicted molar refractivity (Wildman–Crippen MR) is 197 cm³/mol.